The molecule has 2 aliphatic carbocycles. The third-order valence-corrected chi connectivity index (χ3v) is 8.24. The fourth-order valence-electron chi connectivity index (χ4n) is 4.06. The zero-order chi connectivity index (χ0) is 13.8. The first kappa shape index (κ1) is 17.1. The molecule has 1 saturated heterocycles. The molecule has 0 N–H and O–H groups in total. The summed E-state index contributed by atoms with van der Waals surface area (Å²) >= 11 is -0.0744. The van der Waals surface area contributed by atoms with Crippen LogP contribution in [-0.4, -0.2) is 0 Å². The first-order valence-corrected chi connectivity index (χ1v) is 9.55. The van der Waals surface area contributed by atoms with Crippen LogP contribution in [0.15, 0.2) is 59.7 Å². The van der Waals surface area contributed by atoms with Gasteiger partial charge >= 0.3 is 135 Å². The van der Waals surface area contributed by atoms with Crippen molar-refractivity contribution in [3.63, 3.8) is 0 Å². The van der Waals surface area contributed by atoms with Gasteiger partial charge in [-0.05, 0) is 0 Å². The van der Waals surface area contributed by atoms with Crippen LogP contribution in [0.2, 0.25) is 0 Å². The molecule has 3 heteroatoms. The average molecular weight is 375 g/mol. The summed E-state index contributed by atoms with van der Waals surface area (Å²) in [5.74, 6) is 0. The zero-order valence-electron chi connectivity index (χ0n) is 12.6. The maximum Gasteiger partial charge on any atom is -1.00 e. The van der Waals surface area contributed by atoms with Gasteiger partial charge in [0.05, 0.1) is 0 Å². The largest absolute Gasteiger partial charge is 1.00 e. The van der Waals surface area contributed by atoms with Crippen LogP contribution in [0.5, 0.6) is 0 Å². The summed E-state index contributed by atoms with van der Waals surface area (Å²) in [4.78, 5) is 0. The molecule has 1 aliphatic heterocycles. The number of allylic oxidation sites excluding steroid dienone is 2. The molecule has 1 fully saturated rings. The Hall–Kier alpha value is -0.786. The number of rotatable bonds is 0. The molecule has 0 bridgehead atoms. The smallest absolute Gasteiger partial charge is 1.00 e. The van der Waals surface area contributed by atoms with Gasteiger partial charge in [0.25, 0.3) is 0 Å². The molecule has 0 saturated carbocycles. The second-order valence-corrected chi connectivity index (χ2v) is 8.55. The van der Waals surface area contributed by atoms with E-state index in [9.17, 15) is 0 Å². The van der Waals surface area contributed by atoms with E-state index in [1.807, 2.05) is 0 Å². The van der Waals surface area contributed by atoms with Crippen LogP contribution >= 0.6 is 0 Å². The van der Waals surface area contributed by atoms with Crippen LogP contribution in [-0.2, 0) is 19.2 Å². The van der Waals surface area contributed by atoms with Gasteiger partial charge in [0, 0.05) is 0 Å². The van der Waals surface area contributed by atoms with E-state index >= 15 is 0 Å². The molecule has 3 aliphatic rings. The van der Waals surface area contributed by atoms with Gasteiger partial charge in [-0.25, -0.2) is 0 Å². The van der Waals surface area contributed by atoms with E-state index in [4.69, 9.17) is 0 Å². The van der Waals surface area contributed by atoms with Gasteiger partial charge in [0.15, 0.2) is 0 Å². The summed E-state index contributed by atoms with van der Waals surface area (Å²) in [5.41, 5.74) is 9.61. The van der Waals surface area contributed by atoms with Gasteiger partial charge in [-0.1, -0.05) is 0 Å². The van der Waals surface area contributed by atoms with Gasteiger partial charge in [0.2, 0.25) is 0 Å². The van der Waals surface area contributed by atoms with Gasteiger partial charge in [-0.2, -0.15) is 0 Å². The summed E-state index contributed by atoms with van der Waals surface area (Å²) in [5, 5.41) is 0. The van der Waals surface area contributed by atoms with E-state index in [2.05, 4.69) is 60.7 Å². The number of hydrogen-bond donors (Lipinski definition) is 0. The van der Waals surface area contributed by atoms with E-state index in [0.717, 1.165) is 8.45 Å². The maximum absolute atomic E-state index is 2.48. The van der Waals surface area contributed by atoms with Gasteiger partial charge < -0.3 is 24.8 Å². The fraction of sp³-hybridized carbons (Fsp3) is 0.200. The second-order valence-electron chi connectivity index (χ2n) is 6.23. The predicted octanol–water partition coefficient (Wildman–Crippen LogP) is -0.853. The van der Waals surface area contributed by atoms with Crippen LogP contribution in [0, 0.1) is 0 Å². The summed E-state index contributed by atoms with van der Waals surface area (Å²) in [7, 11) is 0. The summed E-state index contributed by atoms with van der Waals surface area (Å²) < 4.78 is 1.53. The number of halogens is 2. The van der Waals surface area contributed by atoms with E-state index in [0.29, 0.717) is 0 Å². The van der Waals surface area contributed by atoms with Crippen molar-refractivity contribution in [1.29, 1.82) is 0 Å². The average Bonchev–Trinajstić information content (AvgIpc) is 3.00. The van der Waals surface area contributed by atoms with E-state index in [1.165, 1.54) is 24.0 Å². The monoisotopic (exact) mass is 374 g/mol. The molecular formula is C20H16Cl2Ti. The third kappa shape index (κ3) is 2.66. The molecule has 0 radical (unpaired) electrons. The Morgan fingerprint density at radius 2 is 1.09 bits per heavy atom. The molecule has 1 heterocycles. The van der Waals surface area contributed by atoms with Crippen LogP contribution in [0.1, 0.15) is 43.5 Å². The molecule has 2 aromatic rings. The minimum absolute atomic E-state index is 0. The third-order valence-electron chi connectivity index (χ3n) is 5.07. The minimum atomic E-state index is -0.0744. The number of hydrogen-bond acceptors (Lipinski definition) is 0. The number of benzene rings is 2. The van der Waals surface area contributed by atoms with Gasteiger partial charge in [0.1, 0.15) is 0 Å². The summed E-state index contributed by atoms with van der Waals surface area (Å²) in [6.45, 7) is 0. The topological polar surface area (TPSA) is 0 Å². The Morgan fingerprint density at radius 1 is 0.652 bits per heavy atom. The van der Waals surface area contributed by atoms with Crippen molar-refractivity contribution >= 4 is 12.2 Å². The summed E-state index contributed by atoms with van der Waals surface area (Å²) in [6.07, 6.45) is 7.49. The molecule has 0 nitrogen and oxygen atoms in total. The van der Waals surface area contributed by atoms with Crippen molar-refractivity contribution in [3.05, 3.63) is 81.9 Å². The normalized spacial score (nSPS) is 22.3. The van der Waals surface area contributed by atoms with Crippen molar-refractivity contribution in [3.8, 4) is 0 Å². The van der Waals surface area contributed by atoms with Crippen molar-refractivity contribution in [2.24, 2.45) is 0 Å². The molecule has 2 atom stereocenters. The van der Waals surface area contributed by atoms with Crippen LogP contribution in [0.4, 0.5) is 0 Å². The maximum atomic E-state index is 2.48. The molecule has 5 rings (SSSR count). The van der Waals surface area contributed by atoms with Gasteiger partial charge in [-0.15, -0.1) is 0 Å². The Kier molecular flexibility index (Phi) is 4.90. The van der Waals surface area contributed by atoms with Crippen molar-refractivity contribution < 1.29 is 44.0 Å². The molecule has 2 unspecified atom stereocenters. The van der Waals surface area contributed by atoms with Crippen molar-refractivity contribution in [2.45, 2.75) is 21.3 Å². The van der Waals surface area contributed by atoms with Crippen molar-refractivity contribution in [1.82, 2.24) is 0 Å². The SMILES string of the molecule is C1=C2CCC3=Cc4ccccc4[CH]3[Ti+2][CH]2c2ccccc21.[Cl-].[Cl-]. The van der Waals surface area contributed by atoms with Crippen LogP contribution in [0.25, 0.3) is 12.2 Å². The Labute approximate surface area is 158 Å². The molecule has 114 valence electrons. The fourth-order valence-corrected chi connectivity index (χ4v) is 7.34. The Balaban J connectivity index is 0.000000781. The first-order chi connectivity index (χ1) is 10.4. The van der Waals surface area contributed by atoms with E-state index in [-0.39, 0.29) is 44.0 Å². The quantitative estimate of drug-likeness (QED) is 0.527. The molecule has 23 heavy (non-hydrogen) atoms. The zero-order valence-corrected chi connectivity index (χ0v) is 15.7. The van der Waals surface area contributed by atoms with E-state index in [1.54, 1.807) is 22.3 Å². The van der Waals surface area contributed by atoms with Crippen LogP contribution < -0.4 is 24.8 Å². The molecule has 2 aromatic carbocycles. The van der Waals surface area contributed by atoms with Crippen LogP contribution in [0.3, 0.4) is 0 Å². The molecule has 0 spiro atoms. The first-order valence-electron chi connectivity index (χ1n) is 7.75. The Morgan fingerprint density at radius 3 is 1.57 bits per heavy atom. The molecular weight excluding hydrogens is 359 g/mol. The minimum Gasteiger partial charge on any atom is -1.00 e. The standard InChI is InChI=1S/C20H16.2ClH.Ti/c1-2-6-18-12-15(11-17(18)5-1)9-10-16-13-19-7-3-4-8-20(19)14-16;;;/h1-8,11-14H,9-10H2;2*1H;/q;;;+2/p-2. The summed E-state index contributed by atoms with van der Waals surface area (Å²) in [6, 6.07) is 18.1. The second kappa shape index (κ2) is 6.61. The van der Waals surface area contributed by atoms with E-state index < -0.39 is 0 Å². The molecule has 0 aromatic heterocycles. The number of fused-ring (bicyclic) bond motifs is 6. The molecule has 0 amide bonds. The predicted molar refractivity (Wildman–Crippen MR) is 83.6 cm³/mol. The van der Waals surface area contributed by atoms with Crippen molar-refractivity contribution in [2.75, 3.05) is 0 Å². The Bertz CT molecular complexity index is 739. The van der Waals surface area contributed by atoms with Gasteiger partial charge in [-0.3, -0.25) is 0 Å².